The van der Waals surface area contributed by atoms with E-state index in [0.29, 0.717) is 24.4 Å². The highest BCUT2D eigenvalue weighted by molar-refractivity contribution is 5.94. The lowest BCUT2D eigenvalue weighted by atomic mass is 10.2. The van der Waals surface area contributed by atoms with Crippen molar-refractivity contribution in [2.45, 2.75) is 13.8 Å². The van der Waals surface area contributed by atoms with Crippen LogP contribution in [0.1, 0.15) is 24.4 Å². The van der Waals surface area contributed by atoms with Gasteiger partial charge in [0.1, 0.15) is 5.58 Å². The molecule has 0 unspecified atom stereocenters. The van der Waals surface area contributed by atoms with Gasteiger partial charge < -0.3 is 19.8 Å². The normalized spacial score (nSPS) is 10.6. The van der Waals surface area contributed by atoms with Gasteiger partial charge in [-0.25, -0.2) is 4.79 Å². The second-order valence-electron chi connectivity index (χ2n) is 4.55. The standard InChI is InChI=1S/C15H18N2O4/c1-3-17(4-2)14(18)9-20-15(19)13-8-10-7-11(16)5-6-12(10)21-13/h5-8H,3-4,9,16H2,1-2H3. The number of carbonyl (C=O) groups is 2. The van der Waals surface area contributed by atoms with Gasteiger partial charge in [-0.15, -0.1) is 0 Å². The van der Waals surface area contributed by atoms with E-state index in [1.807, 2.05) is 13.8 Å². The van der Waals surface area contributed by atoms with Crippen molar-refractivity contribution in [3.8, 4) is 0 Å². The first kappa shape index (κ1) is 14.9. The number of furan rings is 1. The minimum absolute atomic E-state index is 0.0583. The average Bonchev–Trinajstić information content (AvgIpc) is 2.89. The molecule has 0 aliphatic carbocycles. The van der Waals surface area contributed by atoms with Gasteiger partial charge in [0, 0.05) is 24.2 Å². The van der Waals surface area contributed by atoms with Crippen LogP contribution < -0.4 is 5.73 Å². The van der Waals surface area contributed by atoms with E-state index in [9.17, 15) is 9.59 Å². The number of ether oxygens (including phenoxy) is 1. The Balaban J connectivity index is 2.03. The molecule has 112 valence electrons. The van der Waals surface area contributed by atoms with Gasteiger partial charge in [0.15, 0.2) is 6.61 Å². The van der Waals surface area contributed by atoms with Crippen molar-refractivity contribution in [3.63, 3.8) is 0 Å². The molecule has 6 heteroatoms. The lowest BCUT2D eigenvalue weighted by molar-refractivity contribution is -0.134. The molecule has 0 radical (unpaired) electrons. The maximum absolute atomic E-state index is 11.9. The van der Waals surface area contributed by atoms with Gasteiger partial charge in [-0.05, 0) is 38.1 Å². The summed E-state index contributed by atoms with van der Waals surface area (Å²) < 4.78 is 10.4. The van der Waals surface area contributed by atoms with E-state index in [1.165, 1.54) is 0 Å². The van der Waals surface area contributed by atoms with E-state index in [1.54, 1.807) is 29.2 Å². The van der Waals surface area contributed by atoms with Gasteiger partial charge in [0.05, 0.1) is 0 Å². The minimum atomic E-state index is -0.662. The fourth-order valence-electron chi connectivity index (χ4n) is 2.03. The predicted octanol–water partition coefficient (Wildman–Crippen LogP) is 2.04. The molecule has 1 heterocycles. The maximum atomic E-state index is 11.9. The Morgan fingerprint density at radius 1 is 1.24 bits per heavy atom. The number of carbonyl (C=O) groups excluding carboxylic acids is 2. The topological polar surface area (TPSA) is 85.8 Å². The van der Waals surface area contributed by atoms with Crippen LogP contribution in [0, 0.1) is 0 Å². The zero-order chi connectivity index (χ0) is 15.4. The van der Waals surface area contributed by atoms with Crippen molar-refractivity contribution in [3.05, 3.63) is 30.0 Å². The number of nitrogens with zero attached hydrogens (tertiary/aromatic N) is 1. The summed E-state index contributed by atoms with van der Waals surface area (Å²) in [7, 11) is 0. The van der Waals surface area contributed by atoms with Gasteiger partial charge in [-0.3, -0.25) is 4.79 Å². The fraction of sp³-hybridized carbons (Fsp3) is 0.333. The predicted molar refractivity (Wildman–Crippen MR) is 78.8 cm³/mol. The summed E-state index contributed by atoms with van der Waals surface area (Å²) in [4.78, 5) is 25.2. The molecule has 6 nitrogen and oxygen atoms in total. The van der Waals surface area contributed by atoms with E-state index >= 15 is 0 Å². The SMILES string of the molecule is CCN(CC)C(=O)COC(=O)c1cc2cc(N)ccc2o1. The quantitative estimate of drug-likeness (QED) is 0.672. The lowest BCUT2D eigenvalue weighted by Crippen LogP contribution is -2.34. The van der Waals surface area contributed by atoms with E-state index in [0.717, 1.165) is 5.39 Å². The minimum Gasteiger partial charge on any atom is -0.450 e. The summed E-state index contributed by atoms with van der Waals surface area (Å²) >= 11 is 0. The number of fused-ring (bicyclic) bond motifs is 1. The molecule has 1 amide bonds. The molecule has 0 bridgehead atoms. The Labute approximate surface area is 122 Å². The van der Waals surface area contributed by atoms with Gasteiger partial charge in [-0.1, -0.05) is 0 Å². The molecular weight excluding hydrogens is 272 g/mol. The third kappa shape index (κ3) is 3.34. The Morgan fingerprint density at radius 2 is 1.95 bits per heavy atom. The van der Waals surface area contributed by atoms with E-state index in [-0.39, 0.29) is 18.3 Å². The maximum Gasteiger partial charge on any atom is 0.374 e. The summed E-state index contributed by atoms with van der Waals surface area (Å²) in [5.74, 6) is -0.832. The van der Waals surface area contributed by atoms with Crippen LogP contribution in [0.2, 0.25) is 0 Å². The van der Waals surface area contributed by atoms with Crippen LogP contribution in [0.15, 0.2) is 28.7 Å². The summed E-state index contributed by atoms with van der Waals surface area (Å²) in [5.41, 5.74) is 6.79. The Hall–Kier alpha value is -2.50. The average molecular weight is 290 g/mol. The van der Waals surface area contributed by atoms with Crippen molar-refractivity contribution < 1.29 is 18.7 Å². The molecule has 0 saturated heterocycles. The van der Waals surface area contributed by atoms with Crippen molar-refractivity contribution in [2.24, 2.45) is 0 Å². The van der Waals surface area contributed by atoms with Gasteiger partial charge in [-0.2, -0.15) is 0 Å². The van der Waals surface area contributed by atoms with Gasteiger partial charge >= 0.3 is 5.97 Å². The van der Waals surface area contributed by atoms with Crippen LogP contribution in [0.5, 0.6) is 0 Å². The van der Waals surface area contributed by atoms with Crippen molar-refractivity contribution in [2.75, 3.05) is 25.4 Å². The number of likely N-dealkylation sites (N-methyl/N-ethyl adjacent to an activating group) is 1. The number of anilines is 1. The molecule has 2 aromatic rings. The Kier molecular flexibility index (Phi) is 4.47. The van der Waals surface area contributed by atoms with E-state index < -0.39 is 5.97 Å². The number of nitrogen functional groups attached to an aromatic ring is 1. The van der Waals surface area contributed by atoms with Crippen LogP contribution in [0.3, 0.4) is 0 Å². The zero-order valence-electron chi connectivity index (χ0n) is 12.1. The monoisotopic (exact) mass is 290 g/mol. The molecule has 2 rings (SSSR count). The molecular formula is C15H18N2O4. The molecule has 1 aromatic heterocycles. The highest BCUT2D eigenvalue weighted by atomic mass is 16.5. The summed E-state index contributed by atoms with van der Waals surface area (Å²) in [6, 6.07) is 6.62. The second-order valence-corrected chi connectivity index (χ2v) is 4.55. The highest BCUT2D eigenvalue weighted by Crippen LogP contribution is 2.22. The summed E-state index contributed by atoms with van der Waals surface area (Å²) in [5, 5.41) is 0.719. The van der Waals surface area contributed by atoms with Gasteiger partial charge in [0.2, 0.25) is 5.76 Å². The highest BCUT2D eigenvalue weighted by Gasteiger charge is 2.17. The van der Waals surface area contributed by atoms with Crippen molar-refractivity contribution in [1.82, 2.24) is 4.90 Å². The number of nitrogens with two attached hydrogens (primary N) is 1. The first-order valence-electron chi connectivity index (χ1n) is 6.79. The van der Waals surface area contributed by atoms with Crippen LogP contribution in [0.4, 0.5) is 5.69 Å². The smallest absolute Gasteiger partial charge is 0.374 e. The number of amides is 1. The van der Waals surface area contributed by atoms with E-state index in [4.69, 9.17) is 14.9 Å². The zero-order valence-corrected chi connectivity index (χ0v) is 12.1. The molecule has 0 aliphatic rings. The van der Waals surface area contributed by atoms with Gasteiger partial charge in [0.25, 0.3) is 5.91 Å². The number of esters is 1. The Morgan fingerprint density at radius 3 is 2.62 bits per heavy atom. The second kappa shape index (κ2) is 6.30. The third-order valence-corrected chi connectivity index (χ3v) is 3.18. The number of rotatable bonds is 5. The molecule has 0 atom stereocenters. The number of hydrogen-bond donors (Lipinski definition) is 1. The molecule has 1 aromatic carbocycles. The number of benzene rings is 1. The molecule has 0 aliphatic heterocycles. The first-order chi connectivity index (χ1) is 10.0. The molecule has 21 heavy (non-hydrogen) atoms. The fourth-order valence-corrected chi connectivity index (χ4v) is 2.03. The molecule has 0 fully saturated rings. The largest absolute Gasteiger partial charge is 0.450 e. The van der Waals surface area contributed by atoms with Crippen molar-refractivity contribution >= 4 is 28.5 Å². The Bertz CT molecular complexity index is 659. The van der Waals surface area contributed by atoms with Crippen LogP contribution >= 0.6 is 0 Å². The lowest BCUT2D eigenvalue weighted by Gasteiger charge is -2.17. The molecule has 2 N–H and O–H groups in total. The van der Waals surface area contributed by atoms with Crippen molar-refractivity contribution in [1.29, 1.82) is 0 Å². The third-order valence-electron chi connectivity index (χ3n) is 3.18. The molecule has 0 saturated carbocycles. The molecule has 0 spiro atoms. The first-order valence-corrected chi connectivity index (χ1v) is 6.79. The van der Waals surface area contributed by atoms with Crippen LogP contribution in [-0.2, 0) is 9.53 Å². The summed E-state index contributed by atoms with van der Waals surface area (Å²) in [6.45, 7) is 4.60. The summed E-state index contributed by atoms with van der Waals surface area (Å²) in [6.07, 6.45) is 0. The van der Waals surface area contributed by atoms with E-state index in [2.05, 4.69) is 0 Å². The van der Waals surface area contributed by atoms with Crippen LogP contribution in [0.25, 0.3) is 11.0 Å². The van der Waals surface area contributed by atoms with Crippen LogP contribution in [-0.4, -0.2) is 36.5 Å². The number of hydrogen-bond acceptors (Lipinski definition) is 5.